The Hall–Kier alpha value is -2.70. The molecule has 1 unspecified atom stereocenters. The second-order valence-corrected chi connectivity index (χ2v) is 7.46. The van der Waals surface area contributed by atoms with Crippen molar-refractivity contribution in [2.24, 2.45) is 11.8 Å². The van der Waals surface area contributed by atoms with Gasteiger partial charge in [0.15, 0.2) is 0 Å². The number of carbonyl (C=O) groups is 1. The lowest BCUT2D eigenvalue weighted by atomic mass is 10.1. The van der Waals surface area contributed by atoms with Gasteiger partial charge in [0.1, 0.15) is 5.82 Å². The molecule has 0 spiro atoms. The van der Waals surface area contributed by atoms with Crippen molar-refractivity contribution in [3.05, 3.63) is 58.3 Å². The van der Waals surface area contributed by atoms with Crippen LogP contribution in [-0.2, 0) is 17.9 Å². The lowest BCUT2D eigenvalue weighted by molar-refractivity contribution is -0.124. The third-order valence-corrected chi connectivity index (χ3v) is 5.26. The Morgan fingerprint density at radius 2 is 2.11 bits per heavy atom. The molecule has 1 aliphatic carbocycles. The Morgan fingerprint density at radius 1 is 1.26 bits per heavy atom. The summed E-state index contributed by atoms with van der Waals surface area (Å²) in [6.07, 6.45) is 4.79. The van der Waals surface area contributed by atoms with Gasteiger partial charge in [0.25, 0.3) is 5.56 Å². The van der Waals surface area contributed by atoms with E-state index in [1.54, 1.807) is 24.4 Å². The van der Waals surface area contributed by atoms with Crippen molar-refractivity contribution in [1.29, 1.82) is 0 Å². The molecule has 1 aliphatic heterocycles. The lowest BCUT2D eigenvalue weighted by Crippen LogP contribution is -2.33. The summed E-state index contributed by atoms with van der Waals surface area (Å²) >= 11 is 0. The van der Waals surface area contributed by atoms with Crippen LogP contribution < -0.4 is 15.8 Å². The first-order chi connectivity index (χ1) is 13.1. The molecule has 0 radical (unpaired) electrons. The number of amides is 1. The van der Waals surface area contributed by atoms with Crippen LogP contribution in [0.5, 0.6) is 0 Å². The van der Waals surface area contributed by atoms with E-state index in [0.29, 0.717) is 32.1 Å². The second kappa shape index (κ2) is 7.50. The average molecular weight is 370 g/mol. The zero-order chi connectivity index (χ0) is 18.8. The zero-order valence-corrected chi connectivity index (χ0v) is 15.1. The van der Waals surface area contributed by atoms with E-state index in [9.17, 15) is 14.0 Å². The van der Waals surface area contributed by atoms with Gasteiger partial charge in [-0.3, -0.25) is 9.59 Å². The third kappa shape index (κ3) is 4.35. The van der Waals surface area contributed by atoms with Gasteiger partial charge in [-0.15, -0.1) is 0 Å². The van der Waals surface area contributed by atoms with Crippen LogP contribution in [0.2, 0.25) is 0 Å². The smallest absolute Gasteiger partial charge is 0.268 e. The Labute approximate surface area is 157 Å². The highest BCUT2D eigenvalue weighted by atomic mass is 19.1. The van der Waals surface area contributed by atoms with Crippen LogP contribution in [0.1, 0.15) is 24.8 Å². The van der Waals surface area contributed by atoms with Crippen molar-refractivity contribution in [3.8, 4) is 0 Å². The fourth-order valence-corrected chi connectivity index (χ4v) is 3.47. The van der Waals surface area contributed by atoms with Gasteiger partial charge < -0.3 is 10.2 Å². The van der Waals surface area contributed by atoms with E-state index in [4.69, 9.17) is 0 Å². The van der Waals surface area contributed by atoms with Crippen LogP contribution in [0.3, 0.4) is 0 Å². The summed E-state index contributed by atoms with van der Waals surface area (Å²) in [6.45, 7) is 2.28. The quantitative estimate of drug-likeness (QED) is 0.844. The predicted octanol–water partition coefficient (Wildman–Crippen LogP) is 1.94. The van der Waals surface area contributed by atoms with Gasteiger partial charge in [-0.25, -0.2) is 9.07 Å². The lowest BCUT2D eigenvalue weighted by Gasteiger charge is -2.18. The number of anilines is 1. The molecule has 7 heteroatoms. The molecule has 4 rings (SSSR count). The summed E-state index contributed by atoms with van der Waals surface area (Å²) in [6, 6.07) is 7.83. The molecule has 1 saturated heterocycles. The molecule has 2 aliphatic rings. The molecular weight excluding hydrogens is 347 g/mol. The number of hydrogen-bond donors (Lipinski definition) is 1. The first-order valence-electron chi connectivity index (χ1n) is 9.43. The van der Waals surface area contributed by atoms with E-state index >= 15 is 0 Å². The van der Waals surface area contributed by atoms with E-state index in [-0.39, 0.29) is 23.2 Å². The normalized spacial score (nSPS) is 19.3. The van der Waals surface area contributed by atoms with Gasteiger partial charge in [0.2, 0.25) is 5.91 Å². The SMILES string of the molecule is O=C(NCc1cccc(F)c1)C1CCN(c2cnn(CC3CC3)c(=O)c2)C1. The standard InChI is InChI=1S/C20H23FN4O2/c21-17-3-1-2-15(8-17)10-22-20(27)16-6-7-24(13-16)18-9-19(26)25(23-11-18)12-14-4-5-14/h1-3,8-9,11,14,16H,4-7,10,12-13H2,(H,22,27). The van der Waals surface area contributed by atoms with Crippen LogP contribution >= 0.6 is 0 Å². The van der Waals surface area contributed by atoms with E-state index in [1.165, 1.54) is 29.7 Å². The Kier molecular flexibility index (Phi) is 4.92. The molecule has 2 aromatic rings. The number of benzene rings is 1. The number of carbonyl (C=O) groups excluding carboxylic acids is 1. The van der Waals surface area contributed by atoms with Gasteiger partial charge in [-0.2, -0.15) is 5.10 Å². The molecule has 1 saturated carbocycles. The van der Waals surface area contributed by atoms with Crippen molar-refractivity contribution in [1.82, 2.24) is 15.1 Å². The van der Waals surface area contributed by atoms with Crippen LogP contribution in [0, 0.1) is 17.7 Å². The summed E-state index contributed by atoms with van der Waals surface area (Å²) in [5.74, 6) is 0.0981. The molecule has 6 nitrogen and oxygen atoms in total. The monoisotopic (exact) mass is 370 g/mol. The third-order valence-electron chi connectivity index (χ3n) is 5.26. The maximum atomic E-state index is 13.2. The van der Waals surface area contributed by atoms with Crippen LogP contribution in [0.15, 0.2) is 41.3 Å². The highest BCUT2D eigenvalue weighted by Crippen LogP contribution is 2.30. The maximum Gasteiger partial charge on any atom is 0.268 e. The fraction of sp³-hybridized carbons (Fsp3) is 0.450. The molecule has 27 heavy (non-hydrogen) atoms. The highest BCUT2D eigenvalue weighted by molar-refractivity contribution is 5.80. The van der Waals surface area contributed by atoms with E-state index in [0.717, 1.165) is 17.7 Å². The molecule has 2 fully saturated rings. The maximum absolute atomic E-state index is 13.2. The van der Waals surface area contributed by atoms with E-state index in [1.807, 2.05) is 4.90 Å². The number of halogens is 1. The van der Waals surface area contributed by atoms with Crippen LogP contribution in [0.4, 0.5) is 10.1 Å². The second-order valence-electron chi connectivity index (χ2n) is 7.46. The van der Waals surface area contributed by atoms with Crippen molar-refractivity contribution in [3.63, 3.8) is 0 Å². The Bertz CT molecular complexity index is 894. The number of nitrogens with zero attached hydrogens (tertiary/aromatic N) is 3. The first kappa shape index (κ1) is 17.7. The summed E-state index contributed by atoms with van der Waals surface area (Å²) in [7, 11) is 0. The molecule has 1 atom stereocenters. The molecule has 1 N–H and O–H groups in total. The molecule has 2 heterocycles. The average Bonchev–Trinajstić information content (AvgIpc) is 3.33. The topological polar surface area (TPSA) is 67.2 Å². The summed E-state index contributed by atoms with van der Waals surface area (Å²) < 4.78 is 14.7. The fourth-order valence-electron chi connectivity index (χ4n) is 3.47. The molecule has 1 aromatic heterocycles. The molecule has 1 aromatic carbocycles. The van der Waals surface area contributed by atoms with Crippen LogP contribution in [0.25, 0.3) is 0 Å². The minimum absolute atomic E-state index is 0.0446. The molecule has 1 amide bonds. The minimum Gasteiger partial charge on any atom is -0.369 e. The van der Waals surface area contributed by atoms with Gasteiger partial charge in [0, 0.05) is 32.2 Å². The first-order valence-corrected chi connectivity index (χ1v) is 9.43. The van der Waals surface area contributed by atoms with Crippen molar-refractivity contribution >= 4 is 11.6 Å². The number of nitrogens with one attached hydrogen (secondary N) is 1. The number of aromatic nitrogens is 2. The van der Waals surface area contributed by atoms with Crippen molar-refractivity contribution in [2.45, 2.75) is 32.4 Å². The Morgan fingerprint density at radius 3 is 2.85 bits per heavy atom. The predicted molar refractivity (Wildman–Crippen MR) is 99.8 cm³/mol. The molecule has 142 valence electrons. The zero-order valence-electron chi connectivity index (χ0n) is 15.1. The molecule has 0 bridgehead atoms. The van der Waals surface area contributed by atoms with Gasteiger partial charge in [-0.05, 0) is 42.9 Å². The van der Waals surface area contributed by atoms with Gasteiger partial charge >= 0.3 is 0 Å². The summed E-state index contributed by atoms with van der Waals surface area (Å²) in [4.78, 5) is 26.7. The van der Waals surface area contributed by atoms with E-state index in [2.05, 4.69) is 10.4 Å². The summed E-state index contributed by atoms with van der Waals surface area (Å²) in [5.41, 5.74) is 1.42. The number of hydrogen-bond acceptors (Lipinski definition) is 4. The molecular formula is C20H23FN4O2. The largest absolute Gasteiger partial charge is 0.369 e. The van der Waals surface area contributed by atoms with E-state index < -0.39 is 0 Å². The Balaban J connectivity index is 1.33. The number of rotatable bonds is 6. The van der Waals surface area contributed by atoms with Crippen molar-refractivity contribution in [2.75, 3.05) is 18.0 Å². The minimum atomic E-state index is -0.308. The van der Waals surface area contributed by atoms with Crippen molar-refractivity contribution < 1.29 is 9.18 Å². The van der Waals surface area contributed by atoms with Crippen LogP contribution in [-0.4, -0.2) is 28.8 Å². The summed E-state index contributed by atoms with van der Waals surface area (Å²) in [5, 5.41) is 7.16. The highest BCUT2D eigenvalue weighted by Gasteiger charge is 2.29. The van der Waals surface area contributed by atoms with Gasteiger partial charge in [-0.1, -0.05) is 12.1 Å². The van der Waals surface area contributed by atoms with Gasteiger partial charge in [0.05, 0.1) is 17.8 Å².